The van der Waals surface area contributed by atoms with Crippen LogP contribution in [0.15, 0.2) is 11.6 Å². The van der Waals surface area contributed by atoms with E-state index in [1.54, 1.807) is 0 Å². The van der Waals surface area contributed by atoms with Crippen molar-refractivity contribution in [1.82, 2.24) is 0 Å². The minimum atomic E-state index is -1.31. The van der Waals surface area contributed by atoms with Gasteiger partial charge in [0.15, 0.2) is 12.0 Å². The van der Waals surface area contributed by atoms with E-state index in [0.29, 0.717) is 12.8 Å². The maximum Gasteiger partial charge on any atom is 0.173 e. The van der Waals surface area contributed by atoms with Gasteiger partial charge in [-0.25, -0.2) is 4.39 Å². The highest BCUT2D eigenvalue weighted by atomic mass is 19.1. The highest BCUT2D eigenvalue weighted by Crippen LogP contribution is 2.64. The molecule has 4 rings (SSSR count). The molecular weight excluding hydrogens is 279 g/mol. The second-order valence-corrected chi connectivity index (χ2v) is 8.64. The first-order valence-electron chi connectivity index (χ1n) is 8.94. The lowest BCUT2D eigenvalue weighted by Crippen LogP contribution is -2.55. The molecule has 0 amide bonds. The van der Waals surface area contributed by atoms with Gasteiger partial charge < -0.3 is 5.11 Å². The van der Waals surface area contributed by atoms with Gasteiger partial charge in [0.2, 0.25) is 0 Å². The van der Waals surface area contributed by atoms with Crippen LogP contribution in [0.4, 0.5) is 4.39 Å². The summed E-state index contributed by atoms with van der Waals surface area (Å²) in [5.74, 6) is 0.341. The van der Waals surface area contributed by atoms with Gasteiger partial charge in [-0.3, -0.25) is 4.79 Å². The molecule has 2 nitrogen and oxygen atoms in total. The van der Waals surface area contributed by atoms with Gasteiger partial charge in [0, 0.05) is 5.41 Å². The highest BCUT2D eigenvalue weighted by Gasteiger charge is 2.63. The van der Waals surface area contributed by atoms with Crippen LogP contribution in [0.1, 0.15) is 58.8 Å². The molecule has 0 radical (unpaired) electrons. The first-order valence-corrected chi connectivity index (χ1v) is 8.94. The van der Waals surface area contributed by atoms with Crippen molar-refractivity contribution < 1.29 is 14.3 Å². The molecule has 3 heteroatoms. The summed E-state index contributed by atoms with van der Waals surface area (Å²) in [6.45, 7) is 4.21. The van der Waals surface area contributed by atoms with Crippen LogP contribution >= 0.6 is 0 Å². The Morgan fingerprint density at radius 2 is 2.05 bits per heavy atom. The van der Waals surface area contributed by atoms with Gasteiger partial charge in [-0.1, -0.05) is 31.9 Å². The summed E-state index contributed by atoms with van der Waals surface area (Å²) in [7, 11) is 0. The van der Waals surface area contributed by atoms with E-state index in [-0.39, 0.29) is 29.0 Å². The molecule has 0 aromatic rings. The second-order valence-electron chi connectivity index (χ2n) is 8.64. The number of rotatable bonds is 0. The number of hydrogen-bond donors (Lipinski definition) is 1. The zero-order chi connectivity index (χ0) is 15.7. The zero-order valence-corrected chi connectivity index (χ0v) is 13.6. The zero-order valence-electron chi connectivity index (χ0n) is 13.6. The third-order valence-electron chi connectivity index (χ3n) is 7.65. The van der Waals surface area contributed by atoms with Crippen LogP contribution < -0.4 is 0 Å². The van der Waals surface area contributed by atoms with Gasteiger partial charge in [0.05, 0.1) is 6.10 Å². The summed E-state index contributed by atoms with van der Waals surface area (Å²) in [5.41, 5.74) is 0.944. The summed E-state index contributed by atoms with van der Waals surface area (Å²) in [6.07, 6.45) is 7.10. The molecule has 3 saturated carbocycles. The number of alkyl halides is 1. The molecule has 122 valence electrons. The van der Waals surface area contributed by atoms with Gasteiger partial charge in [-0.15, -0.1) is 0 Å². The van der Waals surface area contributed by atoms with E-state index in [4.69, 9.17) is 0 Å². The van der Waals surface area contributed by atoms with E-state index in [1.807, 2.05) is 6.92 Å². The third-order valence-corrected chi connectivity index (χ3v) is 7.65. The van der Waals surface area contributed by atoms with Crippen molar-refractivity contribution in [3.05, 3.63) is 11.6 Å². The molecule has 4 aliphatic carbocycles. The number of allylic oxidation sites excluding steroid dienone is 2. The van der Waals surface area contributed by atoms with Crippen molar-refractivity contribution in [2.24, 2.45) is 28.6 Å². The van der Waals surface area contributed by atoms with Crippen LogP contribution in [0.3, 0.4) is 0 Å². The quantitative estimate of drug-likeness (QED) is 0.691. The topological polar surface area (TPSA) is 37.3 Å². The predicted octanol–water partition coefficient (Wildman–Crippen LogP) is 3.83. The molecule has 4 aliphatic rings. The third kappa shape index (κ3) is 1.72. The van der Waals surface area contributed by atoms with E-state index in [9.17, 15) is 14.3 Å². The van der Waals surface area contributed by atoms with Gasteiger partial charge >= 0.3 is 0 Å². The number of carbonyl (C=O) groups excluding carboxylic acids is 1. The summed E-state index contributed by atoms with van der Waals surface area (Å²) in [6, 6.07) is 0. The van der Waals surface area contributed by atoms with Crippen LogP contribution in [0, 0.1) is 28.6 Å². The Balaban J connectivity index is 1.76. The lowest BCUT2D eigenvalue weighted by atomic mass is 9.47. The molecule has 0 aliphatic heterocycles. The largest absolute Gasteiger partial charge is 0.393 e. The Morgan fingerprint density at radius 3 is 2.82 bits per heavy atom. The molecule has 1 N–H and O–H groups in total. The monoisotopic (exact) mass is 306 g/mol. The Morgan fingerprint density at radius 1 is 1.27 bits per heavy atom. The Bertz CT molecular complexity index is 542. The number of Topliss-reactive ketones (excluding diaryl/α,β-unsaturated/α-hetero) is 1. The average molecular weight is 306 g/mol. The van der Waals surface area contributed by atoms with E-state index in [1.165, 1.54) is 18.4 Å². The Labute approximate surface area is 132 Å². The smallest absolute Gasteiger partial charge is 0.173 e. The summed E-state index contributed by atoms with van der Waals surface area (Å²) in [4.78, 5) is 12.3. The molecule has 0 saturated heterocycles. The predicted molar refractivity (Wildman–Crippen MR) is 83.0 cm³/mol. The molecule has 0 heterocycles. The van der Waals surface area contributed by atoms with Gasteiger partial charge in [-0.2, -0.15) is 0 Å². The minimum Gasteiger partial charge on any atom is -0.393 e. The average Bonchev–Trinajstić information content (AvgIpc) is 2.70. The van der Waals surface area contributed by atoms with Crippen molar-refractivity contribution in [3.8, 4) is 0 Å². The second kappa shape index (κ2) is 4.66. The number of aliphatic hydroxyl groups excluding tert-OH is 1. The summed E-state index contributed by atoms with van der Waals surface area (Å²) in [5, 5.41) is 10.9. The number of halogens is 1. The summed E-state index contributed by atoms with van der Waals surface area (Å²) < 4.78 is 14.1. The van der Waals surface area contributed by atoms with Gasteiger partial charge in [0.25, 0.3) is 0 Å². The standard InChI is InChI=1S/C19H27FO2/c1-18-8-4-3-5-11(18)6-7-12-13-9-14(20)17(22)19(13,2)10-15(21)16(12)18/h6,12-16,21H,3-5,7-10H2,1-2H3/t12-,13-,14?,15?,16+,18-,19-/m0/s1. The van der Waals surface area contributed by atoms with E-state index in [2.05, 4.69) is 13.0 Å². The molecular formula is C19H27FO2. The highest BCUT2D eigenvalue weighted by molar-refractivity contribution is 5.91. The van der Waals surface area contributed by atoms with Crippen LogP contribution in [-0.2, 0) is 4.79 Å². The molecule has 0 aromatic carbocycles. The molecule has 0 aromatic heterocycles. The first kappa shape index (κ1) is 14.9. The summed E-state index contributed by atoms with van der Waals surface area (Å²) >= 11 is 0. The number of aliphatic hydroxyl groups is 1. The lowest BCUT2D eigenvalue weighted by Gasteiger charge is -2.58. The molecule has 7 atom stereocenters. The SMILES string of the molecule is C[C@]12CCCCC1=CC[C@@H]1[C@@H]2C(O)C[C@]2(C)C(=O)C(F)C[C@@H]12. The number of ketones is 1. The van der Waals surface area contributed by atoms with Crippen molar-refractivity contribution >= 4 is 5.78 Å². The van der Waals surface area contributed by atoms with Gasteiger partial charge in [0.1, 0.15) is 0 Å². The van der Waals surface area contributed by atoms with Crippen molar-refractivity contribution in [3.63, 3.8) is 0 Å². The van der Waals surface area contributed by atoms with Crippen molar-refractivity contribution in [2.45, 2.75) is 71.1 Å². The molecule has 0 spiro atoms. The normalized spacial score (nSPS) is 54.3. The number of hydrogen-bond acceptors (Lipinski definition) is 2. The van der Waals surface area contributed by atoms with Crippen LogP contribution in [0.5, 0.6) is 0 Å². The van der Waals surface area contributed by atoms with Gasteiger partial charge in [-0.05, 0) is 61.7 Å². The van der Waals surface area contributed by atoms with Crippen LogP contribution in [0.2, 0.25) is 0 Å². The maximum atomic E-state index is 14.1. The Hall–Kier alpha value is -0.700. The number of carbonyl (C=O) groups is 1. The number of fused-ring (bicyclic) bond motifs is 5. The fraction of sp³-hybridized carbons (Fsp3) is 0.842. The van der Waals surface area contributed by atoms with Crippen molar-refractivity contribution in [2.75, 3.05) is 0 Å². The van der Waals surface area contributed by atoms with E-state index in [0.717, 1.165) is 19.3 Å². The molecule has 22 heavy (non-hydrogen) atoms. The lowest BCUT2D eigenvalue weighted by molar-refractivity contribution is -0.145. The van der Waals surface area contributed by atoms with Crippen LogP contribution in [-0.4, -0.2) is 23.2 Å². The first-order chi connectivity index (χ1) is 10.4. The fourth-order valence-electron chi connectivity index (χ4n) is 6.58. The fourth-order valence-corrected chi connectivity index (χ4v) is 6.58. The van der Waals surface area contributed by atoms with Crippen LogP contribution in [0.25, 0.3) is 0 Å². The van der Waals surface area contributed by atoms with E-state index < -0.39 is 17.7 Å². The Kier molecular flexibility index (Phi) is 3.15. The molecule has 0 bridgehead atoms. The van der Waals surface area contributed by atoms with E-state index >= 15 is 0 Å². The maximum absolute atomic E-state index is 14.1. The molecule has 2 unspecified atom stereocenters. The molecule has 3 fully saturated rings. The minimum absolute atomic E-state index is 0.0688. The van der Waals surface area contributed by atoms with Crippen molar-refractivity contribution in [1.29, 1.82) is 0 Å².